The van der Waals surface area contributed by atoms with Gasteiger partial charge in [-0.25, -0.2) is 15.0 Å². The van der Waals surface area contributed by atoms with Gasteiger partial charge >= 0.3 is 0 Å². The van der Waals surface area contributed by atoms with Crippen LogP contribution in [0, 0.1) is 0 Å². The molecule has 0 unspecified atom stereocenters. The fourth-order valence-corrected chi connectivity index (χ4v) is 1.06. The molecule has 0 aromatic carbocycles. The first kappa shape index (κ1) is 7.85. The zero-order valence-electron chi connectivity index (χ0n) is 7.11. The topological polar surface area (TPSA) is 71.5 Å². The lowest BCUT2D eigenvalue weighted by atomic mass is 10.3. The Morgan fingerprint density at radius 1 is 1.46 bits per heavy atom. The largest absolute Gasteiger partial charge is 0.311 e. The van der Waals surface area contributed by atoms with Crippen LogP contribution in [0.1, 0.15) is 12.6 Å². The van der Waals surface area contributed by atoms with Crippen molar-refractivity contribution < 1.29 is 0 Å². The maximum atomic E-state index is 11.2. The van der Waals surface area contributed by atoms with Crippen molar-refractivity contribution in [1.29, 1.82) is 0 Å². The highest BCUT2D eigenvalue weighted by atomic mass is 16.1. The lowest BCUT2D eigenvalue weighted by molar-refractivity contribution is 1.00. The van der Waals surface area contributed by atoms with E-state index in [4.69, 9.17) is 0 Å². The minimum Gasteiger partial charge on any atom is -0.311 e. The maximum absolute atomic E-state index is 11.2. The molecule has 0 fully saturated rings. The average Bonchev–Trinajstić information content (AvgIpc) is 2.18. The summed E-state index contributed by atoms with van der Waals surface area (Å²) < 4.78 is 0. The maximum Gasteiger partial charge on any atom is 0.278 e. The molecule has 2 rings (SSSR count). The van der Waals surface area contributed by atoms with E-state index in [-0.39, 0.29) is 5.56 Å². The third kappa shape index (κ3) is 1.28. The van der Waals surface area contributed by atoms with Crippen molar-refractivity contribution in [1.82, 2.24) is 19.9 Å². The van der Waals surface area contributed by atoms with Crippen LogP contribution in [0.25, 0.3) is 11.2 Å². The summed E-state index contributed by atoms with van der Waals surface area (Å²) in [5.74, 6) is 0. The zero-order chi connectivity index (χ0) is 9.26. The van der Waals surface area contributed by atoms with Gasteiger partial charge in [-0.15, -0.1) is 0 Å². The first-order valence-electron chi connectivity index (χ1n) is 4.00. The minimum absolute atomic E-state index is 0.250. The summed E-state index contributed by atoms with van der Waals surface area (Å²) in [6.07, 6.45) is 3.72. The summed E-state index contributed by atoms with van der Waals surface area (Å²) in [4.78, 5) is 25.7. The van der Waals surface area contributed by atoms with Gasteiger partial charge in [-0.1, -0.05) is 6.92 Å². The highest BCUT2D eigenvalue weighted by Gasteiger charge is 2.01. The Morgan fingerprint density at radius 3 is 3.08 bits per heavy atom. The van der Waals surface area contributed by atoms with E-state index in [9.17, 15) is 4.79 Å². The van der Waals surface area contributed by atoms with Gasteiger partial charge in [-0.3, -0.25) is 4.79 Å². The van der Waals surface area contributed by atoms with Crippen LogP contribution in [0.2, 0.25) is 0 Å². The molecule has 2 heterocycles. The SMILES string of the molecule is CCc1cnc2c(=O)[nH]cnc2n1. The molecule has 66 valence electrons. The van der Waals surface area contributed by atoms with Crippen molar-refractivity contribution in [3.63, 3.8) is 0 Å². The van der Waals surface area contributed by atoms with Crippen LogP contribution in [0.3, 0.4) is 0 Å². The molecule has 0 saturated carbocycles. The molecule has 0 aliphatic carbocycles. The molecule has 0 spiro atoms. The number of hydrogen-bond donors (Lipinski definition) is 1. The van der Waals surface area contributed by atoms with Crippen molar-refractivity contribution in [3.8, 4) is 0 Å². The molecule has 1 N–H and O–H groups in total. The van der Waals surface area contributed by atoms with E-state index >= 15 is 0 Å². The van der Waals surface area contributed by atoms with Crippen LogP contribution in [0.5, 0.6) is 0 Å². The molecule has 0 atom stereocenters. The molecule has 0 aliphatic heterocycles. The Morgan fingerprint density at radius 2 is 2.31 bits per heavy atom. The standard InChI is InChI=1S/C8H8N4O/c1-2-5-3-9-6-7(12-5)10-4-11-8(6)13/h3-4H,2H2,1H3,(H,10,11,12,13). The normalized spacial score (nSPS) is 10.5. The van der Waals surface area contributed by atoms with Gasteiger partial charge in [0, 0.05) is 6.20 Å². The summed E-state index contributed by atoms with van der Waals surface area (Å²) in [6.45, 7) is 1.98. The molecule has 13 heavy (non-hydrogen) atoms. The van der Waals surface area contributed by atoms with Crippen molar-refractivity contribution in [2.24, 2.45) is 0 Å². The van der Waals surface area contributed by atoms with Gasteiger partial charge in [0.1, 0.15) is 0 Å². The second-order valence-corrected chi connectivity index (χ2v) is 2.62. The first-order chi connectivity index (χ1) is 6.31. The monoisotopic (exact) mass is 176 g/mol. The molecule has 0 saturated heterocycles. The molecule has 2 aromatic heterocycles. The average molecular weight is 176 g/mol. The van der Waals surface area contributed by atoms with Crippen LogP contribution in [-0.4, -0.2) is 19.9 Å². The summed E-state index contributed by atoms with van der Waals surface area (Å²) >= 11 is 0. The first-order valence-corrected chi connectivity index (χ1v) is 4.00. The number of nitrogens with one attached hydrogen (secondary N) is 1. The Kier molecular flexibility index (Phi) is 1.77. The number of hydrogen-bond acceptors (Lipinski definition) is 4. The molecule has 0 aliphatic rings. The lowest BCUT2D eigenvalue weighted by Crippen LogP contribution is -2.09. The van der Waals surface area contributed by atoms with Gasteiger partial charge in [0.05, 0.1) is 12.0 Å². The molecule has 0 bridgehead atoms. The third-order valence-electron chi connectivity index (χ3n) is 1.76. The molecule has 5 heteroatoms. The van der Waals surface area contributed by atoms with E-state index in [0.29, 0.717) is 11.2 Å². The molecule has 5 nitrogen and oxygen atoms in total. The Hall–Kier alpha value is -1.78. The van der Waals surface area contributed by atoms with Gasteiger partial charge in [-0.2, -0.15) is 0 Å². The number of rotatable bonds is 1. The second kappa shape index (κ2) is 2.93. The van der Waals surface area contributed by atoms with E-state index in [1.165, 1.54) is 6.33 Å². The van der Waals surface area contributed by atoms with Crippen LogP contribution < -0.4 is 5.56 Å². The van der Waals surface area contributed by atoms with Gasteiger partial charge in [0.15, 0.2) is 11.2 Å². The van der Waals surface area contributed by atoms with E-state index in [1.54, 1.807) is 6.20 Å². The summed E-state index contributed by atoms with van der Waals surface area (Å²) in [5, 5.41) is 0. The van der Waals surface area contributed by atoms with Gasteiger partial charge in [0.25, 0.3) is 5.56 Å². The number of aromatic amines is 1. The number of H-pyrrole nitrogens is 1. The Balaban J connectivity index is 2.80. The molecular weight excluding hydrogens is 168 g/mol. The smallest absolute Gasteiger partial charge is 0.278 e. The number of fused-ring (bicyclic) bond motifs is 1. The van der Waals surface area contributed by atoms with Gasteiger partial charge in [-0.05, 0) is 6.42 Å². The van der Waals surface area contributed by atoms with Crippen molar-refractivity contribution in [3.05, 3.63) is 28.6 Å². The number of nitrogens with zero attached hydrogens (tertiary/aromatic N) is 3. The lowest BCUT2D eigenvalue weighted by Gasteiger charge is -1.96. The summed E-state index contributed by atoms with van der Waals surface area (Å²) in [5.41, 5.74) is 1.29. The predicted molar refractivity (Wildman–Crippen MR) is 47.3 cm³/mol. The van der Waals surface area contributed by atoms with Crippen LogP contribution in [-0.2, 0) is 6.42 Å². The quantitative estimate of drug-likeness (QED) is 0.677. The highest BCUT2D eigenvalue weighted by Crippen LogP contribution is 2.00. The van der Waals surface area contributed by atoms with Gasteiger partial charge in [0.2, 0.25) is 0 Å². The van der Waals surface area contributed by atoms with Crippen LogP contribution >= 0.6 is 0 Å². The van der Waals surface area contributed by atoms with E-state index in [2.05, 4.69) is 19.9 Å². The van der Waals surface area contributed by atoms with Crippen LogP contribution in [0.15, 0.2) is 17.3 Å². The van der Waals surface area contributed by atoms with Crippen molar-refractivity contribution in [2.75, 3.05) is 0 Å². The number of aryl methyl sites for hydroxylation is 1. The van der Waals surface area contributed by atoms with Gasteiger partial charge < -0.3 is 4.98 Å². The third-order valence-corrected chi connectivity index (χ3v) is 1.76. The number of aromatic nitrogens is 4. The zero-order valence-corrected chi connectivity index (χ0v) is 7.11. The fraction of sp³-hybridized carbons (Fsp3) is 0.250. The predicted octanol–water partition coefficient (Wildman–Crippen LogP) is 0.275. The summed E-state index contributed by atoms with van der Waals surface area (Å²) in [7, 11) is 0. The van der Waals surface area contributed by atoms with E-state index in [1.807, 2.05) is 6.92 Å². The highest BCUT2D eigenvalue weighted by molar-refractivity contribution is 5.67. The van der Waals surface area contributed by atoms with Crippen molar-refractivity contribution in [2.45, 2.75) is 13.3 Å². The Bertz CT molecular complexity index is 491. The minimum atomic E-state index is -0.250. The van der Waals surface area contributed by atoms with Crippen LogP contribution in [0.4, 0.5) is 0 Å². The molecule has 2 aromatic rings. The second-order valence-electron chi connectivity index (χ2n) is 2.62. The fourth-order valence-electron chi connectivity index (χ4n) is 1.06. The van der Waals surface area contributed by atoms with Crippen molar-refractivity contribution >= 4 is 11.2 Å². The summed E-state index contributed by atoms with van der Waals surface area (Å²) in [6, 6.07) is 0. The van der Waals surface area contributed by atoms with E-state index in [0.717, 1.165) is 12.1 Å². The molecular formula is C8H8N4O. The molecule has 0 amide bonds. The molecule has 0 radical (unpaired) electrons. The Labute approximate surface area is 73.9 Å². The van der Waals surface area contributed by atoms with E-state index < -0.39 is 0 Å².